The Bertz CT molecular complexity index is 609. The third kappa shape index (κ3) is 2.94. The third-order valence-electron chi connectivity index (χ3n) is 2.44. The minimum Gasteiger partial charge on any atom is -0.507 e. The summed E-state index contributed by atoms with van der Waals surface area (Å²) in [6.45, 7) is 1.92. The second-order valence-corrected chi connectivity index (χ2v) is 4.17. The van der Waals surface area contributed by atoms with E-state index in [2.05, 4.69) is 20.7 Å². The molecule has 0 spiro atoms. The highest BCUT2D eigenvalue weighted by Crippen LogP contribution is 2.19. The van der Waals surface area contributed by atoms with Crippen molar-refractivity contribution >= 4 is 23.8 Å². The molecule has 0 aliphatic heterocycles. The normalized spacial score (nSPS) is 11.1. The third-order valence-corrected chi connectivity index (χ3v) is 2.68. The number of hydrogen-bond donors (Lipinski definition) is 3. The summed E-state index contributed by atoms with van der Waals surface area (Å²) < 4.78 is 1.31. The van der Waals surface area contributed by atoms with Crippen molar-refractivity contribution < 1.29 is 5.11 Å². The van der Waals surface area contributed by atoms with E-state index in [9.17, 15) is 5.11 Å². The average molecular weight is 281 g/mol. The number of aryl methyl sites for hydroxylation is 1. The molecule has 8 heteroatoms. The van der Waals surface area contributed by atoms with Crippen LogP contribution in [0.5, 0.6) is 5.75 Å². The Morgan fingerprint density at radius 3 is 3.00 bits per heavy atom. The van der Waals surface area contributed by atoms with E-state index in [1.807, 2.05) is 6.92 Å². The number of nitrogens with two attached hydrogens (primary N) is 1. The second kappa shape index (κ2) is 5.57. The lowest BCUT2D eigenvalue weighted by atomic mass is 10.2. The number of nitrogens with zero attached hydrogens (tertiary/aromatic N) is 4. The number of aromatic nitrogens is 3. The second-order valence-electron chi connectivity index (χ2n) is 3.74. The van der Waals surface area contributed by atoms with Crippen molar-refractivity contribution in [2.75, 3.05) is 11.3 Å². The Hall–Kier alpha value is -2.28. The molecule has 7 nitrogen and oxygen atoms in total. The highest BCUT2D eigenvalue weighted by Gasteiger charge is 2.06. The fraction of sp³-hybridized carbons (Fsp3) is 0.182. The molecule has 1 heterocycles. The van der Waals surface area contributed by atoms with Gasteiger partial charge in [-0.05, 0) is 18.2 Å². The SMILES string of the molecule is CCc1nnc(N/N=C\c2cc(Cl)ccc2O)n1N. The maximum Gasteiger partial charge on any atom is 0.263 e. The Morgan fingerprint density at radius 2 is 2.32 bits per heavy atom. The summed E-state index contributed by atoms with van der Waals surface area (Å²) in [7, 11) is 0. The van der Waals surface area contributed by atoms with Gasteiger partial charge in [0.1, 0.15) is 5.75 Å². The van der Waals surface area contributed by atoms with Gasteiger partial charge in [0.15, 0.2) is 5.82 Å². The molecule has 0 radical (unpaired) electrons. The van der Waals surface area contributed by atoms with Gasteiger partial charge in [0.25, 0.3) is 5.95 Å². The monoisotopic (exact) mass is 280 g/mol. The van der Waals surface area contributed by atoms with Crippen molar-refractivity contribution in [1.82, 2.24) is 14.9 Å². The lowest BCUT2D eigenvalue weighted by Crippen LogP contribution is -2.14. The van der Waals surface area contributed by atoms with E-state index in [-0.39, 0.29) is 5.75 Å². The standard InChI is InChI=1S/C11H13ClN6O/c1-2-10-15-17-11(18(10)13)16-14-6-7-5-8(12)3-4-9(7)19/h3-6,19H,2,13H2,1H3,(H,16,17)/b14-6-. The quantitative estimate of drug-likeness (QED) is 0.446. The van der Waals surface area contributed by atoms with E-state index in [0.29, 0.717) is 28.8 Å². The summed E-state index contributed by atoms with van der Waals surface area (Å²) in [4.78, 5) is 0. The first-order valence-electron chi connectivity index (χ1n) is 5.58. The van der Waals surface area contributed by atoms with Crippen LogP contribution < -0.4 is 11.3 Å². The minimum atomic E-state index is 0.0819. The van der Waals surface area contributed by atoms with Crippen LogP contribution in [0.15, 0.2) is 23.3 Å². The molecule has 0 atom stereocenters. The van der Waals surface area contributed by atoms with E-state index in [1.165, 1.54) is 17.0 Å². The lowest BCUT2D eigenvalue weighted by molar-refractivity contribution is 0.474. The molecular formula is C11H13ClN6O. The number of hydrogen-bond acceptors (Lipinski definition) is 6. The van der Waals surface area contributed by atoms with E-state index in [0.717, 1.165) is 0 Å². The summed E-state index contributed by atoms with van der Waals surface area (Å²) in [5, 5.41) is 21.7. The molecule has 0 amide bonds. The molecule has 0 fully saturated rings. The molecule has 0 aliphatic carbocycles. The Balaban J connectivity index is 2.11. The number of rotatable bonds is 4. The van der Waals surface area contributed by atoms with E-state index < -0.39 is 0 Å². The van der Waals surface area contributed by atoms with Crippen LogP contribution in [0.3, 0.4) is 0 Å². The predicted octanol–water partition coefficient (Wildman–Crippen LogP) is 1.36. The predicted molar refractivity (Wildman–Crippen MR) is 73.9 cm³/mol. The van der Waals surface area contributed by atoms with Crippen molar-refractivity contribution in [1.29, 1.82) is 0 Å². The number of phenols is 1. The highest BCUT2D eigenvalue weighted by molar-refractivity contribution is 6.30. The number of phenolic OH excluding ortho intramolecular Hbond substituents is 1. The molecule has 19 heavy (non-hydrogen) atoms. The number of nitrogen functional groups attached to an aromatic ring is 1. The number of nitrogens with one attached hydrogen (secondary N) is 1. The van der Waals surface area contributed by atoms with Crippen LogP contribution in [0.2, 0.25) is 5.02 Å². The van der Waals surface area contributed by atoms with Gasteiger partial charge in [-0.15, -0.1) is 10.2 Å². The molecule has 0 aliphatic rings. The zero-order chi connectivity index (χ0) is 13.8. The number of halogens is 1. The van der Waals surface area contributed by atoms with Crippen molar-refractivity contribution in [3.63, 3.8) is 0 Å². The molecular weight excluding hydrogens is 268 g/mol. The van der Waals surface area contributed by atoms with Crippen molar-refractivity contribution in [3.8, 4) is 5.75 Å². The van der Waals surface area contributed by atoms with Crippen molar-refractivity contribution in [2.45, 2.75) is 13.3 Å². The fourth-order valence-corrected chi connectivity index (χ4v) is 1.61. The van der Waals surface area contributed by atoms with Crippen LogP contribution in [0, 0.1) is 0 Å². The lowest BCUT2D eigenvalue weighted by Gasteiger charge is -2.01. The summed E-state index contributed by atoms with van der Waals surface area (Å²) in [5.41, 5.74) is 3.13. The Morgan fingerprint density at radius 1 is 1.53 bits per heavy atom. The topological polar surface area (TPSA) is 101 Å². The molecule has 0 saturated heterocycles. The van der Waals surface area contributed by atoms with Gasteiger partial charge in [-0.3, -0.25) is 0 Å². The molecule has 1 aromatic heterocycles. The van der Waals surface area contributed by atoms with Crippen molar-refractivity contribution in [3.05, 3.63) is 34.6 Å². The molecule has 2 rings (SSSR count). The van der Waals surface area contributed by atoms with Gasteiger partial charge >= 0.3 is 0 Å². The smallest absolute Gasteiger partial charge is 0.263 e. The number of hydrazone groups is 1. The fourth-order valence-electron chi connectivity index (χ4n) is 1.43. The number of benzene rings is 1. The van der Waals surface area contributed by atoms with Gasteiger partial charge in [0.05, 0.1) is 6.21 Å². The van der Waals surface area contributed by atoms with Crippen LogP contribution in [0.25, 0.3) is 0 Å². The average Bonchev–Trinajstić information content (AvgIpc) is 2.75. The summed E-state index contributed by atoms with van der Waals surface area (Å²) in [6.07, 6.45) is 2.09. The minimum absolute atomic E-state index is 0.0819. The number of aromatic hydroxyl groups is 1. The van der Waals surface area contributed by atoms with E-state index >= 15 is 0 Å². The molecule has 4 N–H and O–H groups in total. The molecule has 1 aromatic carbocycles. The Labute approximate surface area is 114 Å². The van der Waals surface area contributed by atoms with Gasteiger partial charge in [-0.2, -0.15) is 5.10 Å². The van der Waals surface area contributed by atoms with Gasteiger partial charge in [-0.1, -0.05) is 18.5 Å². The molecule has 0 bridgehead atoms. The van der Waals surface area contributed by atoms with Gasteiger partial charge in [-0.25, -0.2) is 10.1 Å². The maximum absolute atomic E-state index is 9.59. The molecule has 0 saturated carbocycles. The number of anilines is 1. The molecule has 0 unspecified atom stereocenters. The van der Waals surface area contributed by atoms with Gasteiger partial charge in [0, 0.05) is 17.0 Å². The van der Waals surface area contributed by atoms with Gasteiger partial charge < -0.3 is 10.9 Å². The van der Waals surface area contributed by atoms with E-state index in [4.69, 9.17) is 17.4 Å². The van der Waals surface area contributed by atoms with Crippen LogP contribution in [0.1, 0.15) is 18.3 Å². The van der Waals surface area contributed by atoms with Crippen LogP contribution in [-0.4, -0.2) is 26.2 Å². The highest BCUT2D eigenvalue weighted by atomic mass is 35.5. The molecule has 100 valence electrons. The molecule has 2 aromatic rings. The first kappa shape index (κ1) is 13.2. The van der Waals surface area contributed by atoms with Crippen LogP contribution >= 0.6 is 11.6 Å². The maximum atomic E-state index is 9.59. The first-order chi connectivity index (χ1) is 9.11. The zero-order valence-corrected chi connectivity index (χ0v) is 11.0. The van der Waals surface area contributed by atoms with Crippen LogP contribution in [-0.2, 0) is 6.42 Å². The largest absolute Gasteiger partial charge is 0.507 e. The zero-order valence-electron chi connectivity index (χ0n) is 10.2. The van der Waals surface area contributed by atoms with Gasteiger partial charge in [0.2, 0.25) is 0 Å². The summed E-state index contributed by atoms with van der Waals surface area (Å²) >= 11 is 5.82. The van der Waals surface area contributed by atoms with Crippen LogP contribution in [0.4, 0.5) is 5.95 Å². The van der Waals surface area contributed by atoms with Crippen molar-refractivity contribution in [2.24, 2.45) is 5.10 Å². The van der Waals surface area contributed by atoms with E-state index in [1.54, 1.807) is 12.1 Å². The summed E-state index contributed by atoms with van der Waals surface area (Å²) in [6, 6.07) is 4.67. The Kier molecular flexibility index (Phi) is 3.86. The summed E-state index contributed by atoms with van der Waals surface area (Å²) in [5.74, 6) is 6.77. The first-order valence-corrected chi connectivity index (χ1v) is 5.96.